The van der Waals surface area contributed by atoms with Crippen LogP contribution in [0.25, 0.3) is 101 Å². The first kappa shape index (κ1) is 34.7. The number of para-hydroxylation sites is 4. The second-order valence-corrected chi connectivity index (χ2v) is 17.4. The lowest BCUT2D eigenvalue weighted by Crippen LogP contribution is -2.17. The average Bonchev–Trinajstić information content (AvgIpc) is 4.03. The molecule has 286 valence electrons. The smallest absolute Gasteiger partial charge is 0.227 e. The summed E-state index contributed by atoms with van der Waals surface area (Å²) in [5.41, 5.74) is 22.8. The first-order chi connectivity index (χ1) is 29.2. The number of rotatable bonds is 5. The standard InChI is InChI=1S/C56H40N2O2/c1-55(2)45-12-6-5-11-41(45)43-31-48-44(32-47(43)55)42-26-25-37(30-46(42)56(48,3)4)40-28-38(33-17-21-35(22-18-33)53-57-49-13-7-9-15-51(49)59-53)27-39(29-40)34-19-23-36(24-20-34)54-58-50-14-8-10-16-52(50)60-54/h5-32H,1-4H3. The van der Waals surface area contributed by atoms with Gasteiger partial charge in [0.15, 0.2) is 11.2 Å². The number of oxazole rings is 2. The molecular formula is C56H40N2O2. The van der Waals surface area contributed by atoms with Gasteiger partial charge in [-0.25, -0.2) is 9.97 Å². The summed E-state index contributed by atoms with van der Waals surface area (Å²) in [5, 5.41) is 0. The first-order valence-electron chi connectivity index (χ1n) is 20.7. The Labute approximate surface area is 348 Å². The minimum Gasteiger partial charge on any atom is -0.436 e. The van der Waals surface area contributed by atoms with Gasteiger partial charge in [0.2, 0.25) is 11.8 Å². The maximum atomic E-state index is 6.11. The van der Waals surface area contributed by atoms with Crippen LogP contribution in [0, 0.1) is 0 Å². The highest BCUT2D eigenvalue weighted by atomic mass is 16.4. The Morgan fingerprint density at radius 3 is 1.25 bits per heavy atom. The quantitative estimate of drug-likeness (QED) is 0.175. The second-order valence-electron chi connectivity index (χ2n) is 17.4. The summed E-state index contributed by atoms with van der Waals surface area (Å²) in [7, 11) is 0. The molecule has 2 heterocycles. The fourth-order valence-electron chi connectivity index (χ4n) is 9.84. The van der Waals surface area contributed by atoms with Crippen LogP contribution in [0.4, 0.5) is 0 Å². The Bertz CT molecular complexity index is 3160. The van der Waals surface area contributed by atoms with Crippen molar-refractivity contribution in [2.45, 2.75) is 38.5 Å². The maximum Gasteiger partial charge on any atom is 0.227 e. The Kier molecular flexibility index (Phi) is 7.29. The molecule has 0 spiro atoms. The molecule has 60 heavy (non-hydrogen) atoms. The highest BCUT2D eigenvalue weighted by molar-refractivity contribution is 5.91. The number of hydrogen-bond acceptors (Lipinski definition) is 4. The Hall–Kier alpha value is -7.30. The van der Waals surface area contributed by atoms with Crippen LogP contribution in [0.3, 0.4) is 0 Å². The largest absolute Gasteiger partial charge is 0.436 e. The highest BCUT2D eigenvalue weighted by Crippen LogP contribution is 2.56. The van der Waals surface area contributed by atoms with Crippen LogP contribution in [0.2, 0.25) is 0 Å². The van der Waals surface area contributed by atoms with Crippen LogP contribution in [0.1, 0.15) is 49.9 Å². The summed E-state index contributed by atoms with van der Waals surface area (Å²) in [5.74, 6) is 1.24. The van der Waals surface area contributed by atoms with Gasteiger partial charge < -0.3 is 8.83 Å². The van der Waals surface area contributed by atoms with Crippen LogP contribution in [-0.4, -0.2) is 9.97 Å². The van der Waals surface area contributed by atoms with Crippen molar-refractivity contribution < 1.29 is 8.83 Å². The molecule has 0 radical (unpaired) electrons. The summed E-state index contributed by atoms with van der Waals surface area (Å²) in [4.78, 5) is 9.49. The van der Waals surface area contributed by atoms with Crippen molar-refractivity contribution in [1.29, 1.82) is 0 Å². The molecule has 2 aromatic heterocycles. The fraction of sp³-hybridized carbons (Fsp3) is 0.107. The predicted molar refractivity (Wildman–Crippen MR) is 244 cm³/mol. The third-order valence-electron chi connectivity index (χ3n) is 13.2. The Morgan fingerprint density at radius 1 is 0.317 bits per heavy atom. The van der Waals surface area contributed by atoms with Crippen molar-refractivity contribution in [1.82, 2.24) is 9.97 Å². The van der Waals surface area contributed by atoms with Crippen molar-refractivity contribution in [3.8, 4) is 78.5 Å². The van der Waals surface area contributed by atoms with Crippen molar-refractivity contribution in [2.24, 2.45) is 0 Å². The molecule has 0 saturated carbocycles. The number of fused-ring (bicyclic) bond motifs is 8. The molecule has 0 saturated heterocycles. The van der Waals surface area contributed by atoms with Crippen molar-refractivity contribution >= 4 is 22.2 Å². The molecule has 8 aromatic carbocycles. The highest BCUT2D eigenvalue weighted by Gasteiger charge is 2.41. The zero-order valence-corrected chi connectivity index (χ0v) is 33.9. The van der Waals surface area contributed by atoms with Gasteiger partial charge in [0.1, 0.15) is 11.0 Å². The molecule has 10 aromatic rings. The van der Waals surface area contributed by atoms with Crippen LogP contribution in [0.5, 0.6) is 0 Å². The number of nitrogens with zero attached hydrogens (tertiary/aromatic N) is 2. The Balaban J connectivity index is 0.959. The molecule has 0 fully saturated rings. The van der Waals surface area contributed by atoms with Crippen molar-refractivity contribution in [3.63, 3.8) is 0 Å². The molecule has 0 atom stereocenters. The van der Waals surface area contributed by atoms with E-state index in [0.717, 1.165) is 55.6 Å². The molecule has 4 nitrogen and oxygen atoms in total. The van der Waals surface area contributed by atoms with Gasteiger partial charge in [0, 0.05) is 22.0 Å². The molecular weight excluding hydrogens is 733 g/mol. The molecule has 2 aliphatic rings. The van der Waals surface area contributed by atoms with E-state index in [9.17, 15) is 0 Å². The van der Waals surface area contributed by atoms with Gasteiger partial charge in [-0.3, -0.25) is 0 Å². The van der Waals surface area contributed by atoms with Gasteiger partial charge in [0.25, 0.3) is 0 Å². The van der Waals surface area contributed by atoms with Crippen molar-refractivity contribution in [3.05, 3.63) is 192 Å². The summed E-state index contributed by atoms with van der Waals surface area (Å²) in [6.07, 6.45) is 0. The molecule has 0 unspecified atom stereocenters. The SMILES string of the molecule is CC1(C)c2ccccc2-c2cc3c(cc21)-c1ccc(-c2cc(-c4ccc(-c5nc6ccccc6o5)cc4)cc(-c4ccc(-c5nc6ccccc6o5)cc4)c2)cc1C3(C)C. The lowest BCUT2D eigenvalue weighted by atomic mass is 9.79. The number of benzene rings is 8. The van der Waals surface area contributed by atoms with E-state index < -0.39 is 0 Å². The number of hydrogen-bond donors (Lipinski definition) is 0. The summed E-state index contributed by atoms with van der Waals surface area (Å²) in [6.45, 7) is 9.51. The van der Waals surface area contributed by atoms with Gasteiger partial charge in [-0.1, -0.05) is 113 Å². The first-order valence-corrected chi connectivity index (χ1v) is 20.7. The van der Waals surface area contributed by atoms with Crippen LogP contribution < -0.4 is 0 Å². The average molecular weight is 773 g/mol. The predicted octanol–water partition coefficient (Wildman–Crippen LogP) is 14.9. The summed E-state index contributed by atoms with van der Waals surface area (Å²) >= 11 is 0. The van der Waals surface area contributed by atoms with E-state index in [2.05, 4.69) is 149 Å². The third-order valence-corrected chi connectivity index (χ3v) is 13.2. The molecule has 0 aliphatic heterocycles. The monoisotopic (exact) mass is 772 g/mol. The minimum atomic E-state index is -0.168. The molecule has 4 heteroatoms. The van der Waals surface area contributed by atoms with Gasteiger partial charge >= 0.3 is 0 Å². The second kappa shape index (κ2) is 12.6. The normalized spacial score (nSPS) is 14.3. The topological polar surface area (TPSA) is 52.1 Å². The lowest BCUT2D eigenvalue weighted by molar-refractivity contribution is 0.619. The number of aromatic nitrogens is 2. The van der Waals surface area contributed by atoms with E-state index in [4.69, 9.17) is 18.8 Å². The summed E-state index contributed by atoms with van der Waals surface area (Å²) < 4.78 is 12.2. The van der Waals surface area contributed by atoms with E-state index in [0.29, 0.717) is 11.8 Å². The van der Waals surface area contributed by atoms with Gasteiger partial charge in [-0.05, 0) is 163 Å². The maximum absolute atomic E-state index is 6.11. The van der Waals surface area contributed by atoms with Gasteiger partial charge in [-0.2, -0.15) is 0 Å². The molecule has 0 amide bonds. The van der Waals surface area contributed by atoms with Crippen LogP contribution >= 0.6 is 0 Å². The van der Waals surface area contributed by atoms with Crippen molar-refractivity contribution in [2.75, 3.05) is 0 Å². The van der Waals surface area contributed by atoms with E-state index in [1.165, 1.54) is 55.6 Å². The molecule has 12 rings (SSSR count). The molecule has 2 aliphatic carbocycles. The van der Waals surface area contributed by atoms with E-state index in [-0.39, 0.29) is 10.8 Å². The van der Waals surface area contributed by atoms with Gasteiger partial charge in [0.05, 0.1) is 0 Å². The van der Waals surface area contributed by atoms with E-state index in [1.807, 2.05) is 48.5 Å². The van der Waals surface area contributed by atoms with Gasteiger partial charge in [-0.15, -0.1) is 0 Å². The lowest BCUT2D eigenvalue weighted by Gasteiger charge is -2.24. The van der Waals surface area contributed by atoms with E-state index >= 15 is 0 Å². The van der Waals surface area contributed by atoms with E-state index in [1.54, 1.807) is 0 Å². The molecule has 0 N–H and O–H groups in total. The fourth-order valence-corrected chi connectivity index (χ4v) is 9.84. The third kappa shape index (κ3) is 5.23. The zero-order valence-electron chi connectivity index (χ0n) is 33.9. The molecule has 0 bridgehead atoms. The summed E-state index contributed by atoms with van der Waals surface area (Å²) in [6, 6.07) is 60.9. The van der Waals surface area contributed by atoms with Crippen LogP contribution in [-0.2, 0) is 10.8 Å². The Morgan fingerprint density at radius 2 is 0.717 bits per heavy atom. The minimum absolute atomic E-state index is 0.0494. The van der Waals surface area contributed by atoms with Crippen LogP contribution in [0.15, 0.2) is 179 Å². The zero-order chi connectivity index (χ0) is 40.3.